The molecule has 124 valence electrons. The molecule has 0 unspecified atom stereocenters. The number of halogens is 3. The summed E-state index contributed by atoms with van der Waals surface area (Å²) in [5, 5.41) is 8.77. The largest absolute Gasteiger partial charge is 0.416 e. The molecule has 0 spiro atoms. The molecule has 0 saturated carbocycles. The number of nitriles is 1. The van der Waals surface area contributed by atoms with Crippen molar-refractivity contribution in [1.82, 2.24) is 4.98 Å². The number of anilines is 2. The maximum Gasteiger partial charge on any atom is 0.416 e. The van der Waals surface area contributed by atoms with Gasteiger partial charge in [-0.15, -0.1) is 0 Å². The monoisotopic (exact) mass is 332 g/mol. The molecule has 7 heteroatoms. The maximum atomic E-state index is 12.6. The summed E-state index contributed by atoms with van der Waals surface area (Å²) in [5.41, 5.74) is 1.48. The Hall–Kier alpha value is -2.75. The highest BCUT2D eigenvalue weighted by Crippen LogP contribution is 2.30. The van der Waals surface area contributed by atoms with E-state index in [0.29, 0.717) is 18.8 Å². The SMILES string of the molecule is N#Cc1ccc(N2CCN(c3ccc(C(F)(F)F)cc3)CC2)cn1. The van der Waals surface area contributed by atoms with Crippen molar-refractivity contribution in [3.05, 3.63) is 53.9 Å². The van der Waals surface area contributed by atoms with Crippen LogP contribution in [0.5, 0.6) is 0 Å². The van der Waals surface area contributed by atoms with Crippen molar-refractivity contribution >= 4 is 11.4 Å². The molecule has 1 aromatic carbocycles. The number of rotatable bonds is 2. The van der Waals surface area contributed by atoms with Gasteiger partial charge < -0.3 is 9.80 Å². The number of alkyl halides is 3. The van der Waals surface area contributed by atoms with Crippen LogP contribution in [-0.4, -0.2) is 31.2 Å². The Kier molecular flexibility index (Phi) is 4.30. The number of hydrogen-bond donors (Lipinski definition) is 0. The Morgan fingerprint density at radius 3 is 1.88 bits per heavy atom. The zero-order valence-corrected chi connectivity index (χ0v) is 12.8. The second kappa shape index (κ2) is 6.40. The fourth-order valence-corrected chi connectivity index (χ4v) is 2.72. The second-order valence-corrected chi connectivity index (χ2v) is 5.53. The Bertz CT molecular complexity index is 724. The summed E-state index contributed by atoms with van der Waals surface area (Å²) in [6.07, 6.45) is -2.63. The van der Waals surface area contributed by atoms with E-state index in [1.54, 1.807) is 12.3 Å². The molecule has 0 amide bonds. The summed E-state index contributed by atoms with van der Waals surface area (Å²) >= 11 is 0. The molecule has 1 aliphatic heterocycles. The highest BCUT2D eigenvalue weighted by molar-refractivity contribution is 5.52. The van der Waals surface area contributed by atoms with Crippen LogP contribution in [0.3, 0.4) is 0 Å². The highest BCUT2D eigenvalue weighted by Gasteiger charge is 2.30. The third-order valence-electron chi connectivity index (χ3n) is 4.07. The van der Waals surface area contributed by atoms with Crippen LogP contribution in [0, 0.1) is 11.3 Å². The third kappa shape index (κ3) is 3.43. The first-order valence-corrected chi connectivity index (χ1v) is 7.51. The van der Waals surface area contributed by atoms with Crippen LogP contribution in [0.2, 0.25) is 0 Å². The second-order valence-electron chi connectivity index (χ2n) is 5.53. The van der Waals surface area contributed by atoms with E-state index in [2.05, 4.69) is 14.8 Å². The van der Waals surface area contributed by atoms with Crippen LogP contribution in [0.15, 0.2) is 42.6 Å². The van der Waals surface area contributed by atoms with Crippen molar-refractivity contribution in [2.24, 2.45) is 0 Å². The molecule has 1 aliphatic rings. The minimum Gasteiger partial charge on any atom is -0.368 e. The van der Waals surface area contributed by atoms with Crippen LogP contribution < -0.4 is 9.80 Å². The van der Waals surface area contributed by atoms with E-state index in [9.17, 15) is 13.2 Å². The van der Waals surface area contributed by atoms with Gasteiger partial charge in [0, 0.05) is 31.9 Å². The van der Waals surface area contributed by atoms with Crippen LogP contribution in [0.4, 0.5) is 24.5 Å². The van der Waals surface area contributed by atoms with Gasteiger partial charge in [-0.25, -0.2) is 4.98 Å². The van der Waals surface area contributed by atoms with Gasteiger partial charge in [0.2, 0.25) is 0 Å². The van der Waals surface area contributed by atoms with Crippen LogP contribution >= 0.6 is 0 Å². The predicted octanol–water partition coefficient (Wildman–Crippen LogP) is 3.30. The van der Waals surface area contributed by atoms with Crippen LogP contribution in [0.25, 0.3) is 0 Å². The van der Waals surface area contributed by atoms with E-state index < -0.39 is 11.7 Å². The van der Waals surface area contributed by atoms with E-state index in [-0.39, 0.29) is 0 Å². The lowest BCUT2D eigenvalue weighted by molar-refractivity contribution is -0.137. The van der Waals surface area contributed by atoms with Gasteiger partial charge in [0.05, 0.1) is 17.4 Å². The summed E-state index contributed by atoms with van der Waals surface area (Å²) in [6.45, 7) is 2.92. The molecule has 2 heterocycles. The average Bonchev–Trinajstić information content (AvgIpc) is 2.61. The average molecular weight is 332 g/mol. The van der Waals surface area contributed by atoms with Gasteiger partial charge in [-0.1, -0.05) is 0 Å². The van der Waals surface area contributed by atoms with E-state index in [1.165, 1.54) is 12.1 Å². The Morgan fingerprint density at radius 1 is 0.875 bits per heavy atom. The van der Waals surface area contributed by atoms with Crippen molar-refractivity contribution in [3.63, 3.8) is 0 Å². The number of hydrogen-bond acceptors (Lipinski definition) is 4. The Labute approximate surface area is 137 Å². The minimum atomic E-state index is -4.31. The van der Waals surface area contributed by atoms with Crippen molar-refractivity contribution in [3.8, 4) is 6.07 Å². The molecular formula is C17H15F3N4. The van der Waals surface area contributed by atoms with Crippen molar-refractivity contribution < 1.29 is 13.2 Å². The van der Waals surface area contributed by atoms with Gasteiger partial charge in [0.25, 0.3) is 0 Å². The van der Waals surface area contributed by atoms with Crippen molar-refractivity contribution in [1.29, 1.82) is 5.26 Å². The summed E-state index contributed by atoms with van der Waals surface area (Å²) in [6, 6.07) is 10.8. The molecule has 0 bridgehead atoms. The molecule has 24 heavy (non-hydrogen) atoms. The van der Waals surface area contributed by atoms with Gasteiger partial charge >= 0.3 is 6.18 Å². The Balaban J connectivity index is 1.63. The summed E-state index contributed by atoms with van der Waals surface area (Å²) < 4.78 is 37.8. The molecule has 1 saturated heterocycles. The summed E-state index contributed by atoms with van der Waals surface area (Å²) in [5.74, 6) is 0. The maximum absolute atomic E-state index is 12.6. The standard InChI is InChI=1S/C17H15F3N4/c18-17(19,20)13-1-4-15(5-2-13)23-7-9-24(10-8-23)16-6-3-14(11-21)22-12-16/h1-6,12H,7-10H2. The molecule has 0 N–H and O–H groups in total. The zero-order valence-electron chi connectivity index (χ0n) is 12.8. The van der Waals surface area contributed by atoms with Crippen molar-refractivity contribution in [2.45, 2.75) is 6.18 Å². The molecule has 3 rings (SSSR count). The number of piperazine rings is 1. The molecule has 2 aromatic rings. The first kappa shape index (κ1) is 16.1. The van der Waals surface area contributed by atoms with Crippen LogP contribution in [0.1, 0.15) is 11.3 Å². The third-order valence-corrected chi connectivity index (χ3v) is 4.07. The van der Waals surface area contributed by atoms with Gasteiger partial charge in [0.1, 0.15) is 11.8 Å². The van der Waals surface area contributed by atoms with Crippen LogP contribution in [-0.2, 0) is 6.18 Å². The minimum absolute atomic E-state index is 0.377. The van der Waals surface area contributed by atoms with Gasteiger partial charge in [0.15, 0.2) is 0 Å². The number of benzene rings is 1. The summed E-state index contributed by atoms with van der Waals surface area (Å²) in [4.78, 5) is 8.27. The number of pyridine rings is 1. The predicted molar refractivity (Wildman–Crippen MR) is 84.8 cm³/mol. The first-order valence-electron chi connectivity index (χ1n) is 7.51. The fourth-order valence-electron chi connectivity index (χ4n) is 2.72. The molecule has 4 nitrogen and oxygen atoms in total. The number of nitrogens with zero attached hydrogens (tertiary/aromatic N) is 4. The lowest BCUT2D eigenvalue weighted by Gasteiger charge is -2.37. The normalized spacial score (nSPS) is 15.2. The topological polar surface area (TPSA) is 43.2 Å². The summed E-state index contributed by atoms with van der Waals surface area (Å²) in [7, 11) is 0. The lowest BCUT2D eigenvalue weighted by Crippen LogP contribution is -2.46. The van der Waals surface area contributed by atoms with Gasteiger partial charge in [-0.3, -0.25) is 0 Å². The highest BCUT2D eigenvalue weighted by atomic mass is 19.4. The van der Waals surface area contributed by atoms with Gasteiger partial charge in [-0.05, 0) is 36.4 Å². The number of aromatic nitrogens is 1. The molecular weight excluding hydrogens is 317 g/mol. The van der Waals surface area contributed by atoms with E-state index >= 15 is 0 Å². The molecule has 0 aliphatic carbocycles. The smallest absolute Gasteiger partial charge is 0.368 e. The van der Waals surface area contributed by atoms with E-state index in [4.69, 9.17) is 5.26 Å². The molecule has 1 fully saturated rings. The first-order chi connectivity index (χ1) is 11.5. The molecule has 0 atom stereocenters. The van der Waals surface area contributed by atoms with E-state index in [0.717, 1.165) is 36.6 Å². The quantitative estimate of drug-likeness (QED) is 0.846. The fraction of sp³-hybridized carbons (Fsp3) is 0.294. The molecule has 1 aromatic heterocycles. The van der Waals surface area contributed by atoms with E-state index in [1.807, 2.05) is 12.1 Å². The Morgan fingerprint density at radius 2 is 1.42 bits per heavy atom. The lowest BCUT2D eigenvalue weighted by atomic mass is 10.1. The van der Waals surface area contributed by atoms with Gasteiger partial charge in [-0.2, -0.15) is 18.4 Å². The zero-order chi connectivity index (χ0) is 17.2. The van der Waals surface area contributed by atoms with Crippen molar-refractivity contribution in [2.75, 3.05) is 36.0 Å². The molecule has 0 radical (unpaired) electrons.